The van der Waals surface area contributed by atoms with Gasteiger partial charge >= 0.3 is 0 Å². The summed E-state index contributed by atoms with van der Waals surface area (Å²) < 4.78 is 12.7. The third kappa shape index (κ3) is 5.01. The number of phenols is 1. The fraction of sp³-hybridized carbons (Fsp3) is 0.429. The van der Waals surface area contributed by atoms with E-state index in [9.17, 15) is 5.11 Å². The van der Waals surface area contributed by atoms with Crippen LogP contribution < -0.4 is 4.74 Å². The molecule has 2 aliphatic rings. The Morgan fingerprint density at radius 3 is 2.46 bits per heavy atom. The van der Waals surface area contributed by atoms with Crippen molar-refractivity contribution in [3.63, 3.8) is 0 Å². The first-order valence-corrected chi connectivity index (χ1v) is 13.0. The van der Waals surface area contributed by atoms with Crippen LogP contribution >= 0.6 is 0 Å². The summed E-state index contributed by atoms with van der Waals surface area (Å²) in [5, 5.41) is 24.1. The number of benzene rings is 1. The van der Waals surface area contributed by atoms with Gasteiger partial charge in [0.2, 0.25) is 0 Å². The second-order valence-corrected chi connectivity index (χ2v) is 9.32. The molecule has 0 spiro atoms. The number of methoxy groups -OCH3 is 1. The fourth-order valence-corrected chi connectivity index (χ4v) is 5.05. The van der Waals surface area contributed by atoms with Gasteiger partial charge < -0.3 is 14.6 Å². The van der Waals surface area contributed by atoms with E-state index in [2.05, 4.69) is 20.2 Å². The van der Waals surface area contributed by atoms with Gasteiger partial charge in [-0.05, 0) is 37.1 Å². The zero-order chi connectivity index (χ0) is 25.9. The molecule has 2 saturated heterocycles. The molecule has 0 bridgehead atoms. The van der Waals surface area contributed by atoms with Crippen molar-refractivity contribution in [2.75, 3.05) is 33.4 Å². The van der Waals surface area contributed by atoms with E-state index < -0.39 is 0 Å². The van der Waals surface area contributed by atoms with Gasteiger partial charge in [0.05, 0.1) is 30.4 Å². The van der Waals surface area contributed by atoms with Crippen LogP contribution in [0.5, 0.6) is 11.5 Å². The summed E-state index contributed by atoms with van der Waals surface area (Å²) in [6, 6.07) is 11.9. The Bertz CT molecular complexity index is 1360. The van der Waals surface area contributed by atoms with Crippen LogP contribution in [0.2, 0.25) is 0 Å². The molecular formula is C28H34N6O3. The summed E-state index contributed by atoms with van der Waals surface area (Å²) in [6.45, 7) is 7.78. The Hall–Kier alpha value is -3.56. The van der Waals surface area contributed by atoms with Crippen LogP contribution in [0.25, 0.3) is 33.5 Å². The van der Waals surface area contributed by atoms with Gasteiger partial charge in [-0.25, -0.2) is 4.98 Å². The van der Waals surface area contributed by atoms with Gasteiger partial charge in [0.1, 0.15) is 11.3 Å². The summed E-state index contributed by atoms with van der Waals surface area (Å²) >= 11 is 0. The molecule has 3 aromatic heterocycles. The number of pyridine rings is 1. The van der Waals surface area contributed by atoms with Gasteiger partial charge in [-0.15, -0.1) is 0 Å². The summed E-state index contributed by atoms with van der Waals surface area (Å²) in [5.74, 6) is 1.19. The monoisotopic (exact) mass is 502 g/mol. The van der Waals surface area contributed by atoms with Crippen molar-refractivity contribution in [2.45, 2.75) is 38.6 Å². The summed E-state index contributed by atoms with van der Waals surface area (Å²) in [5.41, 5.74) is 5.21. The lowest BCUT2D eigenvalue weighted by Crippen LogP contribution is -2.52. The number of likely N-dealkylation sites (tertiary alicyclic amines) is 1. The SMILES string of the molecule is CC.COc1cc(-c2ccc(-c3ccc(C4CN(C5CCOCC5)C4)nn3)c(O)c2)nc2cn(C)nc12. The molecule has 0 saturated carbocycles. The van der Waals surface area contributed by atoms with Crippen molar-refractivity contribution >= 4 is 11.0 Å². The van der Waals surface area contributed by atoms with Gasteiger partial charge in [0.15, 0.2) is 11.3 Å². The maximum absolute atomic E-state index is 10.8. The number of hydrogen-bond donors (Lipinski definition) is 1. The molecule has 4 aromatic rings. The van der Waals surface area contributed by atoms with E-state index in [0.29, 0.717) is 40.2 Å². The first-order valence-electron chi connectivity index (χ1n) is 13.0. The lowest BCUT2D eigenvalue weighted by Gasteiger charge is -2.45. The van der Waals surface area contributed by atoms with Gasteiger partial charge in [-0.1, -0.05) is 19.9 Å². The third-order valence-electron chi connectivity index (χ3n) is 7.06. The number of aryl methyl sites for hydroxylation is 1. The maximum atomic E-state index is 10.8. The lowest BCUT2D eigenvalue weighted by molar-refractivity contribution is 0.000892. The van der Waals surface area contributed by atoms with Crippen molar-refractivity contribution in [3.8, 4) is 34.0 Å². The average molecular weight is 503 g/mol. The number of hydrogen-bond acceptors (Lipinski definition) is 8. The van der Waals surface area contributed by atoms with E-state index in [0.717, 1.165) is 55.9 Å². The van der Waals surface area contributed by atoms with Crippen LogP contribution in [0.1, 0.15) is 38.3 Å². The van der Waals surface area contributed by atoms with Crippen LogP contribution in [0.3, 0.4) is 0 Å². The molecule has 9 nitrogen and oxygen atoms in total. The third-order valence-corrected chi connectivity index (χ3v) is 7.06. The van der Waals surface area contributed by atoms with Crippen molar-refractivity contribution in [1.82, 2.24) is 29.9 Å². The Kier molecular flexibility index (Phi) is 7.34. The highest BCUT2D eigenvalue weighted by Crippen LogP contribution is 2.35. The number of rotatable bonds is 5. The summed E-state index contributed by atoms with van der Waals surface area (Å²) in [7, 11) is 3.46. The Balaban J connectivity index is 0.00000137. The molecule has 0 aliphatic carbocycles. The molecule has 5 heterocycles. The normalized spacial score (nSPS) is 16.8. The molecule has 9 heteroatoms. The molecule has 2 aliphatic heterocycles. The zero-order valence-electron chi connectivity index (χ0n) is 21.9. The highest BCUT2D eigenvalue weighted by atomic mass is 16.5. The van der Waals surface area contributed by atoms with Crippen LogP contribution in [-0.4, -0.2) is 74.4 Å². The van der Waals surface area contributed by atoms with Crippen molar-refractivity contribution < 1.29 is 14.6 Å². The van der Waals surface area contributed by atoms with Crippen molar-refractivity contribution in [1.29, 1.82) is 0 Å². The number of nitrogens with zero attached hydrogens (tertiary/aromatic N) is 6. The quantitative estimate of drug-likeness (QED) is 0.429. The Morgan fingerprint density at radius 2 is 1.78 bits per heavy atom. The minimum Gasteiger partial charge on any atom is -0.507 e. The standard InChI is InChI=1S/C26H28N6O3.C2H6/c1-31-15-23-26(30-31)25(34-2)12-22(27-23)16-3-4-19(24(33)11-16)21-6-5-20(28-29-21)17-13-32(14-17)18-7-9-35-10-8-18;1-2/h3-6,11-12,15,17-18,33H,7-10,13-14H2,1-2H3;1-2H3. The van der Waals surface area contributed by atoms with Crippen molar-refractivity contribution in [3.05, 3.63) is 48.3 Å². The number of phenolic OH excluding ortho intramolecular Hbond substituents is 1. The van der Waals surface area contributed by atoms with Gasteiger partial charge in [0, 0.05) is 62.5 Å². The molecule has 0 amide bonds. The molecule has 6 rings (SSSR count). The second kappa shape index (κ2) is 10.8. The van der Waals surface area contributed by atoms with E-state index in [-0.39, 0.29) is 5.75 Å². The maximum Gasteiger partial charge on any atom is 0.153 e. The number of aromatic hydroxyl groups is 1. The molecule has 0 unspecified atom stereocenters. The van der Waals surface area contributed by atoms with E-state index in [1.807, 2.05) is 57.4 Å². The lowest BCUT2D eigenvalue weighted by atomic mass is 9.91. The summed E-state index contributed by atoms with van der Waals surface area (Å²) in [6.07, 6.45) is 4.08. The second-order valence-electron chi connectivity index (χ2n) is 9.32. The molecule has 1 N–H and O–H groups in total. The molecule has 0 radical (unpaired) electrons. The van der Waals surface area contributed by atoms with Gasteiger partial charge in [-0.2, -0.15) is 15.3 Å². The first-order chi connectivity index (χ1) is 18.1. The van der Waals surface area contributed by atoms with Crippen LogP contribution in [0.4, 0.5) is 0 Å². The minimum atomic E-state index is 0.130. The minimum absolute atomic E-state index is 0.130. The average Bonchev–Trinajstić information content (AvgIpc) is 3.29. The van der Waals surface area contributed by atoms with E-state index in [1.54, 1.807) is 17.9 Å². The van der Waals surface area contributed by atoms with Gasteiger partial charge in [0.25, 0.3) is 0 Å². The van der Waals surface area contributed by atoms with E-state index in [1.165, 1.54) is 0 Å². The van der Waals surface area contributed by atoms with Crippen LogP contribution in [0, 0.1) is 0 Å². The van der Waals surface area contributed by atoms with E-state index in [4.69, 9.17) is 14.5 Å². The molecule has 37 heavy (non-hydrogen) atoms. The highest BCUT2D eigenvalue weighted by molar-refractivity contribution is 5.85. The van der Waals surface area contributed by atoms with E-state index >= 15 is 0 Å². The fourth-order valence-electron chi connectivity index (χ4n) is 5.05. The highest BCUT2D eigenvalue weighted by Gasteiger charge is 2.34. The van der Waals surface area contributed by atoms with Crippen molar-refractivity contribution in [2.24, 2.45) is 7.05 Å². The Labute approximate surface area is 217 Å². The van der Waals surface area contributed by atoms with Crippen LogP contribution in [0.15, 0.2) is 42.6 Å². The predicted octanol–water partition coefficient (Wildman–Crippen LogP) is 4.41. The predicted molar refractivity (Wildman–Crippen MR) is 143 cm³/mol. The molecule has 0 atom stereocenters. The molecule has 194 valence electrons. The zero-order valence-corrected chi connectivity index (χ0v) is 21.9. The van der Waals surface area contributed by atoms with Crippen LogP contribution in [-0.2, 0) is 11.8 Å². The smallest absolute Gasteiger partial charge is 0.153 e. The largest absolute Gasteiger partial charge is 0.507 e. The van der Waals surface area contributed by atoms with Gasteiger partial charge in [-0.3, -0.25) is 9.58 Å². The molecular weight excluding hydrogens is 468 g/mol. The number of aromatic nitrogens is 5. The molecule has 2 fully saturated rings. The molecule has 1 aromatic carbocycles. The topological polar surface area (TPSA) is 98.4 Å². The number of fused-ring (bicyclic) bond motifs is 1. The summed E-state index contributed by atoms with van der Waals surface area (Å²) in [4.78, 5) is 7.22. The number of ether oxygens (including phenoxy) is 2. The Morgan fingerprint density at radius 1 is 1.00 bits per heavy atom. The first kappa shape index (κ1) is 25.1.